The van der Waals surface area contributed by atoms with Crippen LogP contribution in [-0.4, -0.2) is 4.73 Å². The van der Waals surface area contributed by atoms with Gasteiger partial charge >= 0.3 is 72.2 Å². The molecule has 1 heteroatoms. The summed E-state index contributed by atoms with van der Waals surface area (Å²) in [5.41, 5.74) is 1.32. The van der Waals surface area contributed by atoms with Crippen molar-refractivity contribution in [3.05, 3.63) is 24.3 Å². The predicted octanol–water partition coefficient (Wildman–Crippen LogP) is 2.30. The second-order valence-electron chi connectivity index (χ2n) is 3.19. The van der Waals surface area contributed by atoms with Crippen LogP contribution in [0.5, 0.6) is 0 Å². The number of rotatable bonds is 2. The van der Waals surface area contributed by atoms with Gasteiger partial charge in [-0.2, -0.15) is 0 Å². The molecule has 0 radical (unpaired) electrons. The van der Waals surface area contributed by atoms with Gasteiger partial charge < -0.3 is 0 Å². The van der Waals surface area contributed by atoms with Gasteiger partial charge in [0, 0.05) is 0 Å². The molecule has 0 N–H and O–H groups in total. The maximum absolute atomic E-state index is 5.42. The van der Waals surface area contributed by atoms with Crippen LogP contribution in [0.15, 0.2) is 17.7 Å². The van der Waals surface area contributed by atoms with Crippen LogP contribution in [0, 0.1) is 12.0 Å². The molecule has 0 atom stereocenters. The van der Waals surface area contributed by atoms with Gasteiger partial charge in [-0.1, -0.05) is 0 Å². The van der Waals surface area contributed by atoms with Crippen molar-refractivity contribution in [3.8, 4) is 0 Å². The van der Waals surface area contributed by atoms with Crippen LogP contribution in [0.2, 0.25) is 0 Å². The molecule has 0 aromatic carbocycles. The minimum atomic E-state index is 0.158. The van der Waals surface area contributed by atoms with Crippen LogP contribution in [0.4, 0.5) is 0 Å². The fourth-order valence-corrected chi connectivity index (χ4v) is 0.887. The summed E-state index contributed by atoms with van der Waals surface area (Å²) in [5, 5.41) is 0. The fourth-order valence-electron chi connectivity index (χ4n) is 0.636. The molecule has 0 nitrogen and oxygen atoms in total. The second kappa shape index (κ2) is 3.95. The molecule has 0 saturated carbocycles. The summed E-state index contributed by atoms with van der Waals surface area (Å²) >= 11 is 2.40. The quantitative estimate of drug-likeness (QED) is 0.443. The van der Waals surface area contributed by atoms with Gasteiger partial charge in [-0.3, -0.25) is 0 Å². The van der Waals surface area contributed by atoms with E-state index in [0.29, 0.717) is 0 Å². The van der Waals surface area contributed by atoms with Crippen LogP contribution in [-0.2, 0) is 17.0 Å². The Morgan fingerprint density at radius 1 is 1.40 bits per heavy atom. The van der Waals surface area contributed by atoms with E-state index in [1.807, 2.05) is 10.8 Å². The van der Waals surface area contributed by atoms with E-state index >= 15 is 0 Å². The molecule has 0 aromatic rings. The van der Waals surface area contributed by atoms with Crippen molar-refractivity contribution in [1.82, 2.24) is 0 Å². The molecule has 55 valence electrons. The van der Waals surface area contributed by atoms with Gasteiger partial charge in [0.15, 0.2) is 0 Å². The first kappa shape index (κ1) is 9.93. The van der Waals surface area contributed by atoms with Crippen LogP contribution in [0.3, 0.4) is 0 Å². The van der Waals surface area contributed by atoms with Gasteiger partial charge in [0.1, 0.15) is 0 Å². The van der Waals surface area contributed by atoms with Crippen molar-refractivity contribution in [1.29, 1.82) is 0 Å². The third-order valence-electron chi connectivity index (χ3n) is 1.30. The van der Waals surface area contributed by atoms with E-state index in [-0.39, 0.29) is 5.41 Å². The summed E-state index contributed by atoms with van der Waals surface area (Å²) < 4.78 is 1.94. The van der Waals surface area contributed by atoms with Crippen molar-refractivity contribution in [3.63, 3.8) is 0 Å². The van der Waals surface area contributed by atoms with Gasteiger partial charge in [-0.25, -0.2) is 0 Å². The van der Waals surface area contributed by atoms with Crippen LogP contribution in [0.1, 0.15) is 20.8 Å². The first-order chi connectivity index (χ1) is 4.52. The standard InChI is InChI=1S/C9H13.V/c1-6-8(7-2)9(3,4)5;/h1-2,6-7H,3-5H3;/q-1;/b8-6+;. The zero-order chi connectivity index (χ0) is 8.20. The van der Waals surface area contributed by atoms with Gasteiger partial charge in [0.05, 0.1) is 0 Å². The Bertz CT molecular complexity index is 158. The van der Waals surface area contributed by atoms with E-state index in [4.69, 9.17) is 6.58 Å². The summed E-state index contributed by atoms with van der Waals surface area (Å²) in [6.07, 6.45) is 3.67. The van der Waals surface area contributed by atoms with Gasteiger partial charge in [0.2, 0.25) is 0 Å². The summed E-state index contributed by atoms with van der Waals surface area (Å²) in [6, 6.07) is 0. The topological polar surface area (TPSA) is 0 Å². The van der Waals surface area contributed by atoms with Crippen molar-refractivity contribution in [2.24, 2.45) is 5.41 Å². The molecule has 0 fully saturated rings. The number of hydrogen-bond acceptors (Lipinski definition) is 0. The molecule has 0 unspecified atom stereocenters. The Morgan fingerprint density at radius 2 is 1.90 bits per heavy atom. The summed E-state index contributed by atoms with van der Waals surface area (Å²) in [5.74, 6) is 0. The maximum atomic E-state index is 5.42. The molecule has 0 heterocycles. The van der Waals surface area contributed by atoms with Crippen LogP contribution >= 0.6 is 0 Å². The zero-order valence-electron chi connectivity index (χ0n) is 6.76. The van der Waals surface area contributed by atoms with E-state index in [9.17, 15) is 0 Å². The van der Waals surface area contributed by atoms with E-state index in [2.05, 4.69) is 37.8 Å². The monoisotopic (exact) mass is 172 g/mol. The predicted molar refractivity (Wildman–Crippen MR) is 42.5 cm³/mol. The summed E-state index contributed by atoms with van der Waals surface area (Å²) in [6.45, 7) is 11.8. The Hall–Kier alpha value is -0.0656. The fraction of sp³-hybridized carbons (Fsp3) is 0.444. The van der Waals surface area contributed by atoms with Gasteiger partial charge in [0.25, 0.3) is 0 Å². The van der Waals surface area contributed by atoms with E-state index in [0.717, 1.165) is 5.57 Å². The summed E-state index contributed by atoms with van der Waals surface area (Å²) in [4.78, 5) is 0. The van der Waals surface area contributed by atoms with Crippen molar-refractivity contribution in [2.75, 3.05) is 0 Å². The molecule has 0 aliphatic rings. The summed E-state index contributed by atoms with van der Waals surface area (Å²) in [7, 11) is 0. The SMILES string of the molecule is [CH-]=C/C(=C\[CH]=[V])C(C)(C)C. The van der Waals surface area contributed by atoms with Crippen molar-refractivity contribution >= 4 is 4.73 Å². The normalized spacial score (nSPS) is 12.8. The van der Waals surface area contributed by atoms with E-state index in [1.165, 1.54) is 0 Å². The molecule has 0 rings (SSSR count). The number of hydrogen-bond donors (Lipinski definition) is 0. The molecule has 0 aromatic heterocycles. The molecule has 0 saturated heterocycles. The van der Waals surface area contributed by atoms with Gasteiger partial charge in [-0.15, -0.1) is 0 Å². The molecule has 0 aliphatic heterocycles. The Morgan fingerprint density at radius 3 is 2.00 bits per heavy atom. The molecule has 0 aliphatic carbocycles. The first-order valence-electron chi connectivity index (χ1n) is 3.25. The average Bonchev–Trinajstić information content (AvgIpc) is 1.80. The zero-order valence-corrected chi connectivity index (χ0v) is 8.15. The Kier molecular flexibility index (Phi) is 3.92. The Balaban J connectivity index is 4.51. The van der Waals surface area contributed by atoms with E-state index in [1.54, 1.807) is 6.08 Å². The third kappa shape index (κ3) is 3.19. The molecular weight excluding hydrogens is 159 g/mol. The third-order valence-corrected chi connectivity index (χ3v) is 1.53. The minimum absolute atomic E-state index is 0.158. The van der Waals surface area contributed by atoms with E-state index < -0.39 is 0 Å². The molecular formula is C9H13V-. The Labute approximate surface area is 72.5 Å². The molecule has 10 heavy (non-hydrogen) atoms. The average molecular weight is 172 g/mol. The van der Waals surface area contributed by atoms with Crippen LogP contribution < -0.4 is 0 Å². The van der Waals surface area contributed by atoms with Crippen molar-refractivity contribution < 1.29 is 17.0 Å². The molecule has 0 spiro atoms. The second-order valence-corrected chi connectivity index (χ2v) is 3.65. The van der Waals surface area contributed by atoms with Gasteiger partial charge in [-0.05, 0) is 0 Å². The van der Waals surface area contributed by atoms with Crippen LogP contribution in [0.25, 0.3) is 0 Å². The first-order valence-corrected chi connectivity index (χ1v) is 4.06. The molecule has 0 bridgehead atoms. The number of allylic oxidation sites excluding steroid dienone is 3. The van der Waals surface area contributed by atoms with Crippen molar-refractivity contribution in [2.45, 2.75) is 20.8 Å². The molecule has 0 amide bonds.